The van der Waals surface area contributed by atoms with E-state index in [1.807, 2.05) is 7.05 Å². The van der Waals surface area contributed by atoms with Gasteiger partial charge in [0.25, 0.3) is 5.91 Å². The van der Waals surface area contributed by atoms with Gasteiger partial charge in [0.2, 0.25) is 5.88 Å². The molecule has 2 aliphatic rings. The van der Waals surface area contributed by atoms with Gasteiger partial charge in [0, 0.05) is 24.7 Å². The molecule has 1 aromatic carbocycles. The molecule has 3 aromatic rings. The number of rotatable bonds is 10. The summed E-state index contributed by atoms with van der Waals surface area (Å²) in [6.07, 6.45) is 1.20. The second kappa shape index (κ2) is 10.5. The number of aliphatic hydroxyl groups excluding tert-OH is 1. The highest BCUT2D eigenvalue weighted by atomic mass is 32.3. The summed E-state index contributed by atoms with van der Waals surface area (Å²) >= 11 is 1.22. The first-order valence-corrected chi connectivity index (χ1v) is 14.4. The van der Waals surface area contributed by atoms with Crippen LogP contribution < -0.4 is 10.1 Å². The van der Waals surface area contributed by atoms with E-state index in [4.69, 9.17) is 14.1 Å². The van der Waals surface area contributed by atoms with Gasteiger partial charge in [0.1, 0.15) is 27.5 Å². The van der Waals surface area contributed by atoms with E-state index in [2.05, 4.69) is 25.3 Å². The van der Waals surface area contributed by atoms with Gasteiger partial charge in [-0.3, -0.25) is 19.6 Å². The molecular weight excluding hydrogens is 518 g/mol. The van der Waals surface area contributed by atoms with Crippen LogP contribution in [0.1, 0.15) is 25.3 Å². The van der Waals surface area contributed by atoms with E-state index >= 15 is 0 Å². The molecule has 5 rings (SSSR count). The summed E-state index contributed by atoms with van der Waals surface area (Å²) in [5, 5.41) is 16.4. The van der Waals surface area contributed by atoms with Crippen LogP contribution in [0.4, 0.5) is 5.13 Å². The van der Waals surface area contributed by atoms with Crippen LogP contribution in [-0.4, -0.2) is 84.9 Å². The van der Waals surface area contributed by atoms with Crippen molar-refractivity contribution in [2.75, 3.05) is 32.1 Å². The van der Waals surface area contributed by atoms with Gasteiger partial charge in [-0.2, -0.15) is 0 Å². The van der Waals surface area contributed by atoms with Crippen molar-refractivity contribution in [1.82, 2.24) is 14.9 Å². The van der Waals surface area contributed by atoms with E-state index in [1.54, 1.807) is 43.3 Å². The number of nitrogens with one attached hydrogen (secondary N) is 1. The fourth-order valence-corrected chi connectivity index (χ4v) is 6.36. The van der Waals surface area contributed by atoms with E-state index < -0.39 is 22.6 Å². The Morgan fingerprint density at radius 3 is 2.65 bits per heavy atom. The summed E-state index contributed by atoms with van der Waals surface area (Å²) in [7, 11) is -0.588. The predicted octanol–water partition coefficient (Wildman–Crippen LogP) is 2.56. The zero-order valence-electron chi connectivity index (χ0n) is 20.5. The topological polar surface area (TPSA) is 152 Å². The number of ether oxygens (including phenoxy) is 1. The molecule has 1 aliphatic heterocycles. The van der Waals surface area contributed by atoms with E-state index in [0.717, 1.165) is 25.9 Å². The van der Waals surface area contributed by atoms with E-state index in [-0.39, 0.29) is 23.7 Å². The maximum atomic E-state index is 13.2. The number of likely N-dealkylation sites (tertiary alicyclic amines) is 1. The number of carbonyl (C=O) groups excluding carboxylic acids is 1. The van der Waals surface area contributed by atoms with E-state index in [1.165, 1.54) is 11.3 Å². The number of fused-ring (bicyclic) bond motifs is 1. The molecule has 13 heteroatoms. The Labute approximate surface area is 219 Å². The minimum absolute atomic E-state index is 0.00265. The van der Waals surface area contributed by atoms with Gasteiger partial charge in [0.05, 0.1) is 11.9 Å². The van der Waals surface area contributed by atoms with Crippen molar-refractivity contribution < 1.29 is 28.6 Å². The average molecular weight is 549 g/mol. The Balaban J connectivity index is 1.34. The summed E-state index contributed by atoms with van der Waals surface area (Å²) in [6.45, 7) is 3.07. The molecule has 0 bridgehead atoms. The third-order valence-corrected chi connectivity index (χ3v) is 9.37. The predicted molar refractivity (Wildman–Crippen MR) is 144 cm³/mol. The quantitative estimate of drug-likeness (QED) is 0.199. The lowest BCUT2D eigenvalue weighted by molar-refractivity contribution is -0.110. The number of likely N-dealkylation sites (N-methyl/N-ethyl adjacent to an activating group) is 1. The number of benzene rings is 1. The van der Waals surface area contributed by atoms with Gasteiger partial charge < -0.3 is 19.2 Å². The Morgan fingerprint density at radius 1 is 1.27 bits per heavy atom. The zero-order chi connectivity index (χ0) is 26.2. The van der Waals surface area contributed by atoms with Gasteiger partial charge in [0.15, 0.2) is 10.8 Å². The molecule has 1 saturated carbocycles. The lowest BCUT2D eigenvalue weighted by Crippen LogP contribution is -2.51. The molecule has 198 valence electrons. The van der Waals surface area contributed by atoms with Crippen molar-refractivity contribution in [2.45, 2.75) is 42.1 Å². The first kappa shape index (κ1) is 25.8. The van der Waals surface area contributed by atoms with Crippen LogP contribution in [0.25, 0.3) is 10.3 Å². The number of pyridine rings is 1. The summed E-state index contributed by atoms with van der Waals surface area (Å²) in [5.41, 5.74) is 1.05. The Kier molecular flexibility index (Phi) is 7.34. The van der Waals surface area contributed by atoms with Crippen LogP contribution in [0, 0.1) is 0 Å². The molecule has 3 heterocycles. The summed E-state index contributed by atoms with van der Waals surface area (Å²) in [6, 6.07) is 10.1. The number of anilines is 1. The first-order valence-electron chi connectivity index (χ1n) is 11.9. The monoisotopic (exact) mass is 548 g/mol. The minimum atomic E-state index is -2.62. The second-order valence-electron chi connectivity index (χ2n) is 9.30. The normalized spacial score (nSPS) is 20.1. The molecule has 0 spiro atoms. The standard InChI is InChI=1S/C24H29N5O6S2/c1-14(13-30)35-28-21(15-3-5-17(6-4-15)37(32,33)18-7-8-18)22(31)27-24-25-19-9-10-20(26-23(19)36-24)34-16-11-29(2)12-16/h3-6,9-10,14,16,18,30,32-33H,7-8,11-13H2,1-2H3,(H,25,27,31)/p+1/b28-21+/t14-/m1/s1. The number of hydrogen-bond acceptors (Lipinski definition) is 10. The van der Waals surface area contributed by atoms with Crippen molar-refractivity contribution in [3.8, 4) is 5.88 Å². The van der Waals surface area contributed by atoms with Crippen LogP contribution in [0.3, 0.4) is 0 Å². The molecule has 2 atom stereocenters. The number of aromatic nitrogens is 2. The van der Waals surface area contributed by atoms with Gasteiger partial charge in [-0.05, 0) is 45.0 Å². The number of thiazole rings is 1. The van der Waals surface area contributed by atoms with Crippen molar-refractivity contribution in [2.24, 2.45) is 5.16 Å². The number of carbonyl (C=O) groups is 1. The van der Waals surface area contributed by atoms with Crippen LogP contribution in [0.15, 0.2) is 46.4 Å². The molecular formula is C24H30N5O6S2+. The van der Waals surface area contributed by atoms with Crippen LogP contribution in [0.5, 0.6) is 5.88 Å². The SMILES string of the molecule is C[C@H](CO)O/N=C(/C(=O)Nc1nc2ccc(OC3CN(C)C3)nc2s1)c1ccc(S(O)([OH2+])C2CC2)cc1. The highest BCUT2D eigenvalue weighted by Gasteiger charge is 2.40. The maximum absolute atomic E-state index is 13.2. The van der Waals surface area contributed by atoms with E-state index in [9.17, 15) is 14.5 Å². The van der Waals surface area contributed by atoms with Gasteiger partial charge >= 0.3 is 0 Å². The Hall–Kier alpha value is -2.81. The molecule has 1 amide bonds. The molecule has 0 radical (unpaired) electrons. The number of amides is 1. The van der Waals surface area contributed by atoms with Gasteiger partial charge in [-0.25, -0.2) is 9.97 Å². The van der Waals surface area contributed by atoms with Crippen LogP contribution in [-0.2, 0) is 9.63 Å². The fraction of sp³-hybridized carbons (Fsp3) is 0.417. The van der Waals surface area contributed by atoms with Crippen LogP contribution >= 0.6 is 21.9 Å². The van der Waals surface area contributed by atoms with Gasteiger partial charge in [-0.15, -0.1) is 0 Å². The zero-order valence-corrected chi connectivity index (χ0v) is 22.1. The molecule has 11 nitrogen and oxygen atoms in total. The molecule has 2 aromatic heterocycles. The third kappa shape index (κ3) is 5.87. The van der Waals surface area contributed by atoms with Crippen molar-refractivity contribution in [3.05, 3.63) is 42.0 Å². The van der Waals surface area contributed by atoms with Gasteiger partial charge in [-0.1, -0.05) is 39.2 Å². The number of oxime groups is 1. The van der Waals surface area contributed by atoms with Crippen molar-refractivity contribution in [3.63, 3.8) is 0 Å². The average Bonchev–Trinajstić information content (AvgIpc) is 3.65. The highest BCUT2D eigenvalue weighted by molar-refractivity contribution is 8.25. The lowest BCUT2D eigenvalue weighted by Gasteiger charge is -2.35. The summed E-state index contributed by atoms with van der Waals surface area (Å²) in [5.74, 6) is -0.0369. The number of aliphatic hydroxyl groups is 1. The Morgan fingerprint density at radius 2 is 2.00 bits per heavy atom. The van der Waals surface area contributed by atoms with Crippen molar-refractivity contribution in [1.29, 1.82) is 0 Å². The number of hydrogen-bond donors (Lipinski definition) is 3. The first-order chi connectivity index (χ1) is 17.7. The maximum Gasteiger partial charge on any atom is 0.280 e. The second-order valence-corrected chi connectivity index (χ2v) is 12.7. The molecule has 1 unspecified atom stereocenters. The molecule has 1 aliphatic carbocycles. The van der Waals surface area contributed by atoms with Crippen LogP contribution in [0.2, 0.25) is 0 Å². The summed E-state index contributed by atoms with van der Waals surface area (Å²) in [4.78, 5) is 30.8. The summed E-state index contributed by atoms with van der Waals surface area (Å²) < 4.78 is 24.8. The minimum Gasteiger partial charge on any atom is -0.472 e. The molecule has 37 heavy (non-hydrogen) atoms. The fourth-order valence-electron chi connectivity index (χ4n) is 3.79. The Bertz CT molecular complexity index is 1300. The van der Waals surface area contributed by atoms with Crippen molar-refractivity contribution >= 4 is 49.0 Å². The van der Waals surface area contributed by atoms with E-state index in [0.29, 0.717) is 31.8 Å². The largest absolute Gasteiger partial charge is 0.472 e. The molecule has 2 fully saturated rings. The lowest BCUT2D eigenvalue weighted by atomic mass is 10.1. The molecule has 1 saturated heterocycles. The smallest absolute Gasteiger partial charge is 0.280 e. The third-order valence-electron chi connectivity index (χ3n) is 6.06. The molecule has 5 N–H and O–H groups in total. The highest BCUT2D eigenvalue weighted by Crippen LogP contribution is 2.61. The number of nitrogens with zero attached hydrogens (tertiary/aromatic N) is 4.